The molecule has 4 aromatic rings. The number of carbonyl (C=O) groups is 1. The highest BCUT2D eigenvalue weighted by Gasteiger charge is 2.21. The Labute approximate surface area is 172 Å². The van der Waals surface area contributed by atoms with Gasteiger partial charge in [0.15, 0.2) is 0 Å². The number of amides is 1. The second kappa shape index (κ2) is 7.65. The van der Waals surface area contributed by atoms with E-state index in [1.54, 1.807) is 35.8 Å². The number of fused-ring (bicyclic) bond motifs is 1. The summed E-state index contributed by atoms with van der Waals surface area (Å²) in [6.45, 7) is 0. The highest BCUT2D eigenvalue weighted by molar-refractivity contribution is 7.92. The number of carbonyl (C=O) groups excluding carboxylic acids is 1. The molecule has 0 aliphatic heterocycles. The monoisotopic (exact) mass is 423 g/mol. The van der Waals surface area contributed by atoms with Crippen LogP contribution in [0.15, 0.2) is 83.2 Å². The molecule has 0 bridgehead atoms. The van der Waals surface area contributed by atoms with Gasteiger partial charge in [0, 0.05) is 18.3 Å². The number of benzene rings is 3. The van der Waals surface area contributed by atoms with Crippen molar-refractivity contribution >= 4 is 48.9 Å². The largest absolute Gasteiger partial charge is 0.322 e. The molecular weight excluding hydrogens is 406 g/mol. The predicted molar refractivity (Wildman–Crippen MR) is 116 cm³/mol. The van der Waals surface area contributed by atoms with Crippen molar-refractivity contribution in [1.29, 1.82) is 0 Å². The summed E-state index contributed by atoms with van der Waals surface area (Å²) in [5, 5.41) is 2.81. The molecule has 0 unspecified atom stereocenters. The fourth-order valence-electron chi connectivity index (χ4n) is 2.85. The molecule has 0 aliphatic rings. The van der Waals surface area contributed by atoms with E-state index in [4.69, 9.17) is 0 Å². The van der Waals surface area contributed by atoms with Crippen molar-refractivity contribution in [1.82, 2.24) is 4.98 Å². The van der Waals surface area contributed by atoms with Gasteiger partial charge in [0.05, 0.1) is 26.3 Å². The first-order valence-corrected chi connectivity index (χ1v) is 11.1. The lowest BCUT2D eigenvalue weighted by Crippen LogP contribution is -2.26. The maximum Gasteiger partial charge on any atom is 0.264 e. The van der Waals surface area contributed by atoms with Crippen LogP contribution in [-0.4, -0.2) is 26.4 Å². The van der Waals surface area contributed by atoms with Crippen molar-refractivity contribution in [2.45, 2.75) is 4.90 Å². The van der Waals surface area contributed by atoms with Crippen LogP contribution >= 0.6 is 11.3 Å². The molecule has 0 radical (unpaired) electrons. The number of thiazole rings is 1. The number of hydrogen-bond donors (Lipinski definition) is 1. The van der Waals surface area contributed by atoms with E-state index >= 15 is 0 Å². The molecule has 0 spiro atoms. The quantitative estimate of drug-likeness (QED) is 0.517. The Morgan fingerprint density at radius 2 is 1.72 bits per heavy atom. The van der Waals surface area contributed by atoms with Gasteiger partial charge in [0.25, 0.3) is 15.9 Å². The van der Waals surface area contributed by atoms with Gasteiger partial charge in [-0.15, -0.1) is 11.3 Å². The number of sulfonamides is 1. The smallest absolute Gasteiger partial charge is 0.264 e. The predicted octanol–water partition coefficient (Wildman–Crippen LogP) is 4.37. The molecule has 146 valence electrons. The second-order valence-corrected chi connectivity index (χ2v) is 9.18. The molecule has 6 nitrogen and oxygen atoms in total. The summed E-state index contributed by atoms with van der Waals surface area (Å²) in [5.41, 5.74) is 4.13. The Morgan fingerprint density at radius 1 is 1.00 bits per heavy atom. The van der Waals surface area contributed by atoms with Crippen LogP contribution < -0.4 is 9.62 Å². The van der Waals surface area contributed by atoms with Crippen LogP contribution in [0.4, 0.5) is 11.4 Å². The topological polar surface area (TPSA) is 79.4 Å². The van der Waals surface area contributed by atoms with Gasteiger partial charge < -0.3 is 5.32 Å². The molecule has 4 rings (SSSR count). The van der Waals surface area contributed by atoms with E-state index in [-0.39, 0.29) is 10.8 Å². The lowest BCUT2D eigenvalue weighted by molar-refractivity contribution is 0.102. The van der Waals surface area contributed by atoms with Crippen LogP contribution in [0.1, 0.15) is 10.4 Å². The molecule has 8 heteroatoms. The third-order valence-electron chi connectivity index (χ3n) is 4.48. The van der Waals surface area contributed by atoms with Gasteiger partial charge in [-0.3, -0.25) is 9.10 Å². The Hall–Kier alpha value is -3.23. The average molecular weight is 424 g/mol. The number of anilines is 2. The summed E-state index contributed by atoms with van der Waals surface area (Å²) in [5.74, 6) is -0.319. The third kappa shape index (κ3) is 3.85. The fraction of sp³-hybridized carbons (Fsp3) is 0.0476. The van der Waals surface area contributed by atoms with Gasteiger partial charge in [0.2, 0.25) is 0 Å². The molecule has 0 saturated heterocycles. The average Bonchev–Trinajstić information content (AvgIpc) is 3.22. The SMILES string of the molecule is CN(c1ccccc1)S(=O)(=O)c1ccc(C(=O)Nc2ccc3scnc3c2)cc1. The van der Waals surface area contributed by atoms with Gasteiger partial charge in [-0.2, -0.15) is 0 Å². The number of para-hydroxylation sites is 1. The minimum absolute atomic E-state index is 0.115. The van der Waals surface area contributed by atoms with Crippen molar-refractivity contribution in [2.75, 3.05) is 16.7 Å². The summed E-state index contributed by atoms with van der Waals surface area (Å²) in [6, 6.07) is 20.2. The lowest BCUT2D eigenvalue weighted by Gasteiger charge is -2.19. The zero-order chi connectivity index (χ0) is 20.4. The number of aromatic nitrogens is 1. The van der Waals surface area contributed by atoms with E-state index in [1.165, 1.54) is 47.0 Å². The number of nitrogens with zero attached hydrogens (tertiary/aromatic N) is 2. The van der Waals surface area contributed by atoms with E-state index < -0.39 is 10.0 Å². The van der Waals surface area contributed by atoms with E-state index in [9.17, 15) is 13.2 Å². The molecule has 1 N–H and O–H groups in total. The van der Waals surface area contributed by atoms with Crippen molar-refractivity contribution < 1.29 is 13.2 Å². The zero-order valence-corrected chi connectivity index (χ0v) is 17.1. The molecule has 29 heavy (non-hydrogen) atoms. The summed E-state index contributed by atoms with van der Waals surface area (Å²) in [7, 11) is -2.22. The molecule has 0 fully saturated rings. The first kappa shape index (κ1) is 19.1. The second-order valence-electron chi connectivity index (χ2n) is 6.32. The van der Waals surface area contributed by atoms with Crippen molar-refractivity contribution in [2.24, 2.45) is 0 Å². The number of nitrogens with one attached hydrogen (secondary N) is 1. The van der Waals surface area contributed by atoms with Crippen LogP contribution in [-0.2, 0) is 10.0 Å². The Morgan fingerprint density at radius 3 is 2.45 bits per heavy atom. The summed E-state index contributed by atoms with van der Waals surface area (Å²) < 4.78 is 27.9. The van der Waals surface area contributed by atoms with E-state index in [0.717, 1.165) is 10.2 Å². The Balaban J connectivity index is 1.53. The molecule has 3 aromatic carbocycles. The highest BCUT2D eigenvalue weighted by Crippen LogP contribution is 2.23. The fourth-order valence-corrected chi connectivity index (χ4v) is 4.71. The number of hydrogen-bond acceptors (Lipinski definition) is 5. The van der Waals surface area contributed by atoms with Gasteiger partial charge in [-0.1, -0.05) is 18.2 Å². The van der Waals surface area contributed by atoms with Gasteiger partial charge in [-0.05, 0) is 54.6 Å². The van der Waals surface area contributed by atoms with Crippen LogP contribution in [0, 0.1) is 0 Å². The lowest BCUT2D eigenvalue weighted by atomic mass is 10.2. The Bertz CT molecular complexity index is 1270. The first-order valence-electron chi connectivity index (χ1n) is 8.74. The van der Waals surface area contributed by atoms with E-state index in [2.05, 4.69) is 10.3 Å². The third-order valence-corrected chi connectivity index (χ3v) is 7.09. The van der Waals surface area contributed by atoms with Crippen LogP contribution in [0.25, 0.3) is 10.2 Å². The minimum Gasteiger partial charge on any atom is -0.322 e. The van der Waals surface area contributed by atoms with Gasteiger partial charge >= 0.3 is 0 Å². The molecule has 1 aromatic heterocycles. The highest BCUT2D eigenvalue weighted by atomic mass is 32.2. The van der Waals surface area contributed by atoms with Gasteiger partial charge in [0.1, 0.15) is 0 Å². The molecular formula is C21H17N3O3S2. The summed E-state index contributed by atoms with van der Waals surface area (Å²) in [6.07, 6.45) is 0. The molecule has 0 atom stereocenters. The van der Waals surface area contributed by atoms with E-state index in [0.29, 0.717) is 16.9 Å². The van der Waals surface area contributed by atoms with Crippen LogP contribution in [0.3, 0.4) is 0 Å². The standard InChI is InChI=1S/C21H17N3O3S2/c1-24(17-5-3-2-4-6-17)29(26,27)18-10-7-15(8-11-18)21(25)23-16-9-12-20-19(13-16)22-14-28-20/h2-14H,1H3,(H,23,25). The zero-order valence-electron chi connectivity index (χ0n) is 15.4. The summed E-state index contributed by atoms with van der Waals surface area (Å²) >= 11 is 1.53. The molecule has 0 saturated carbocycles. The van der Waals surface area contributed by atoms with E-state index in [1.807, 2.05) is 18.2 Å². The minimum atomic E-state index is -3.72. The summed E-state index contributed by atoms with van der Waals surface area (Å²) in [4.78, 5) is 16.9. The van der Waals surface area contributed by atoms with Gasteiger partial charge in [-0.25, -0.2) is 13.4 Å². The molecule has 1 heterocycles. The van der Waals surface area contributed by atoms with Crippen LogP contribution in [0.5, 0.6) is 0 Å². The van der Waals surface area contributed by atoms with Crippen molar-refractivity contribution in [3.05, 3.63) is 83.9 Å². The maximum absolute atomic E-state index is 12.8. The first-order chi connectivity index (χ1) is 13.9. The normalized spacial score (nSPS) is 11.3. The maximum atomic E-state index is 12.8. The Kier molecular flexibility index (Phi) is 5.04. The molecule has 0 aliphatic carbocycles. The van der Waals surface area contributed by atoms with Crippen molar-refractivity contribution in [3.8, 4) is 0 Å². The van der Waals surface area contributed by atoms with Crippen LogP contribution in [0.2, 0.25) is 0 Å². The number of rotatable bonds is 5. The van der Waals surface area contributed by atoms with Crippen molar-refractivity contribution in [3.63, 3.8) is 0 Å². The molecule has 1 amide bonds.